The average Bonchev–Trinajstić information content (AvgIpc) is 3.52. The van der Waals surface area contributed by atoms with E-state index in [0.29, 0.717) is 17.9 Å². The van der Waals surface area contributed by atoms with E-state index in [4.69, 9.17) is 14.2 Å². The van der Waals surface area contributed by atoms with Crippen LogP contribution in [0.5, 0.6) is 17.2 Å². The van der Waals surface area contributed by atoms with Crippen molar-refractivity contribution in [2.24, 2.45) is 5.10 Å². The number of hydrogen-bond donors (Lipinski definition) is 0. The van der Waals surface area contributed by atoms with Crippen LogP contribution in [0.4, 0.5) is 5.82 Å². The molecule has 1 amide bonds. The van der Waals surface area contributed by atoms with E-state index in [1.165, 1.54) is 34.7 Å². The van der Waals surface area contributed by atoms with Gasteiger partial charge in [-0.15, -0.1) is 11.3 Å². The number of thiophene rings is 1. The van der Waals surface area contributed by atoms with Gasteiger partial charge in [-0.3, -0.25) is 4.79 Å². The highest BCUT2D eigenvalue weighted by molar-refractivity contribution is 7.12. The average molecular weight is 468 g/mol. The first-order valence-electron chi connectivity index (χ1n) is 9.89. The van der Waals surface area contributed by atoms with Crippen LogP contribution in [0.2, 0.25) is 0 Å². The zero-order valence-electron chi connectivity index (χ0n) is 17.8. The Labute approximate surface area is 193 Å². The molecule has 0 radical (unpaired) electrons. The number of hydrogen-bond acceptors (Lipinski definition) is 9. The number of amides is 1. The normalized spacial score (nSPS) is 15.2. The molecule has 0 fully saturated rings. The number of benzene rings is 1. The SMILES string of the molecule is COc1ccc([C@@H]2CC(c3cccs3)=NN2C(=O)COc2cccnc2[N+](=O)[O-])cc1OC. The molecule has 0 saturated heterocycles. The third kappa shape index (κ3) is 4.62. The van der Waals surface area contributed by atoms with Gasteiger partial charge in [0.1, 0.15) is 6.20 Å². The molecule has 10 nitrogen and oxygen atoms in total. The summed E-state index contributed by atoms with van der Waals surface area (Å²) in [6.45, 7) is -0.433. The van der Waals surface area contributed by atoms with E-state index in [1.54, 1.807) is 20.3 Å². The highest BCUT2D eigenvalue weighted by atomic mass is 32.1. The number of pyridine rings is 1. The van der Waals surface area contributed by atoms with Crippen LogP contribution in [-0.2, 0) is 4.79 Å². The fourth-order valence-electron chi connectivity index (χ4n) is 3.49. The van der Waals surface area contributed by atoms with E-state index in [9.17, 15) is 14.9 Å². The van der Waals surface area contributed by atoms with Gasteiger partial charge in [0, 0.05) is 6.42 Å². The number of nitro groups is 1. The van der Waals surface area contributed by atoms with E-state index < -0.39 is 29.3 Å². The van der Waals surface area contributed by atoms with Crippen LogP contribution in [0.15, 0.2) is 59.1 Å². The van der Waals surface area contributed by atoms with Crippen molar-refractivity contribution in [3.63, 3.8) is 0 Å². The molecule has 1 aliphatic heterocycles. The first-order chi connectivity index (χ1) is 16.0. The summed E-state index contributed by atoms with van der Waals surface area (Å²) < 4.78 is 16.2. The third-order valence-corrected chi connectivity index (χ3v) is 5.96. The highest BCUT2D eigenvalue weighted by Crippen LogP contribution is 2.38. The molecule has 1 aliphatic rings. The standard InChI is InChI=1S/C22H20N4O6S/c1-30-17-8-7-14(11-19(17)31-2)16-12-15(20-6-4-10-33-20)24-25(16)21(27)13-32-18-5-3-9-23-22(18)26(28)29/h3-11,16H,12-13H2,1-2H3/t16-/m0/s1. The minimum atomic E-state index is -0.658. The number of nitrogens with zero attached hydrogens (tertiary/aromatic N) is 4. The molecule has 2 aromatic heterocycles. The van der Waals surface area contributed by atoms with Gasteiger partial charge >= 0.3 is 5.82 Å². The minimum absolute atomic E-state index is 0.0832. The molecule has 0 unspecified atom stereocenters. The smallest absolute Gasteiger partial charge is 0.406 e. The largest absolute Gasteiger partial charge is 0.493 e. The lowest BCUT2D eigenvalue weighted by atomic mass is 10.0. The van der Waals surface area contributed by atoms with Gasteiger partial charge in [-0.2, -0.15) is 5.10 Å². The predicted molar refractivity (Wildman–Crippen MR) is 121 cm³/mol. The lowest BCUT2D eigenvalue weighted by Crippen LogP contribution is -2.31. The van der Waals surface area contributed by atoms with Gasteiger partial charge in [-0.1, -0.05) is 12.1 Å². The summed E-state index contributed by atoms with van der Waals surface area (Å²) in [7, 11) is 3.09. The van der Waals surface area contributed by atoms with E-state index in [2.05, 4.69) is 10.1 Å². The molecule has 3 heterocycles. The summed E-state index contributed by atoms with van der Waals surface area (Å²) in [6, 6.07) is 11.8. The van der Waals surface area contributed by atoms with Crippen molar-refractivity contribution in [2.75, 3.05) is 20.8 Å². The summed E-state index contributed by atoms with van der Waals surface area (Å²) in [4.78, 5) is 28.3. The van der Waals surface area contributed by atoms with Gasteiger partial charge in [-0.05, 0) is 51.2 Å². The molecule has 0 bridgehead atoms. The summed E-state index contributed by atoms with van der Waals surface area (Å²) in [5.41, 5.74) is 1.58. The number of aromatic nitrogens is 1. The van der Waals surface area contributed by atoms with Crippen molar-refractivity contribution >= 4 is 28.8 Å². The first kappa shape index (κ1) is 22.2. The van der Waals surface area contributed by atoms with E-state index >= 15 is 0 Å². The van der Waals surface area contributed by atoms with Crippen molar-refractivity contribution in [3.8, 4) is 17.2 Å². The monoisotopic (exact) mass is 468 g/mol. The Morgan fingerprint density at radius 3 is 2.70 bits per heavy atom. The number of ether oxygens (including phenoxy) is 3. The molecule has 0 saturated carbocycles. The molecule has 1 aromatic carbocycles. The lowest BCUT2D eigenvalue weighted by Gasteiger charge is -2.23. The Balaban J connectivity index is 1.61. The van der Waals surface area contributed by atoms with Crippen LogP contribution in [-0.4, -0.2) is 47.4 Å². The topological polar surface area (TPSA) is 116 Å². The molecule has 33 heavy (non-hydrogen) atoms. The summed E-state index contributed by atoms with van der Waals surface area (Å²) in [6.07, 6.45) is 1.78. The molecule has 170 valence electrons. The zero-order chi connectivity index (χ0) is 23.4. The van der Waals surface area contributed by atoms with Gasteiger partial charge < -0.3 is 24.3 Å². The minimum Gasteiger partial charge on any atom is -0.493 e. The van der Waals surface area contributed by atoms with Crippen LogP contribution in [0.1, 0.15) is 22.9 Å². The Morgan fingerprint density at radius 1 is 1.18 bits per heavy atom. The number of methoxy groups -OCH3 is 2. The maximum absolute atomic E-state index is 13.1. The Hall–Kier alpha value is -3.99. The number of rotatable bonds is 8. The molecule has 1 atom stereocenters. The number of carbonyl (C=O) groups is 1. The van der Waals surface area contributed by atoms with E-state index in [1.807, 2.05) is 29.6 Å². The lowest BCUT2D eigenvalue weighted by molar-refractivity contribution is -0.390. The molecular formula is C22H20N4O6S. The molecule has 11 heteroatoms. The molecule has 4 rings (SSSR count). The second-order valence-electron chi connectivity index (χ2n) is 6.97. The van der Waals surface area contributed by atoms with Crippen molar-refractivity contribution in [1.82, 2.24) is 9.99 Å². The van der Waals surface area contributed by atoms with E-state index in [0.717, 1.165) is 16.2 Å². The number of hydrazone groups is 1. The quantitative estimate of drug-likeness (QED) is 0.364. The molecule has 0 aliphatic carbocycles. The molecular weight excluding hydrogens is 448 g/mol. The Bertz CT molecular complexity index is 1200. The van der Waals surface area contributed by atoms with Gasteiger partial charge in [-0.25, -0.2) is 5.01 Å². The van der Waals surface area contributed by atoms with Crippen LogP contribution in [0.25, 0.3) is 0 Å². The van der Waals surface area contributed by atoms with Crippen LogP contribution in [0, 0.1) is 10.1 Å². The summed E-state index contributed by atoms with van der Waals surface area (Å²) in [5.74, 6) is 0.128. The van der Waals surface area contributed by atoms with Gasteiger partial charge in [0.05, 0.1) is 30.9 Å². The summed E-state index contributed by atoms with van der Waals surface area (Å²) in [5, 5.41) is 19.0. The second-order valence-corrected chi connectivity index (χ2v) is 7.92. The van der Waals surface area contributed by atoms with Crippen molar-refractivity contribution in [2.45, 2.75) is 12.5 Å². The summed E-state index contributed by atoms with van der Waals surface area (Å²) >= 11 is 1.53. The van der Waals surface area contributed by atoms with Gasteiger partial charge in [0.15, 0.2) is 18.1 Å². The van der Waals surface area contributed by atoms with Gasteiger partial charge in [0.2, 0.25) is 5.75 Å². The Morgan fingerprint density at radius 2 is 2.00 bits per heavy atom. The maximum Gasteiger partial charge on any atom is 0.406 e. The first-order valence-corrected chi connectivity index (χ1v) is 10.8. The second kappa shape index (κ2) is 9.65. The Kier molecular flexibility index (Phi) is 6.50. The predicted octanol–water partition coefficient (Wildman–Crippen LogP) is 3.83. The molecule has 0 N–H and O–H groups in total. The van der Waals surface area contributed by atoms with Crippen molar-refractivity contribution < 1.29 is 23.9 Å². The van der Waals surface area contributed by atoms with Crippen LogP contribution >= 0.6 is 11.3 Å². The zero-order valence-corrected chi connectivity index (χ0v) is 18.7. The van der Waals surface area contributed by atoms with Crippen LogP contribution < -0.4 is 14.2 Å². The van der Waals surface area contributed by atoms with Gasteiger partial charge in [0.25, 0.3) is 5.91 Å². The maximum atomic E-state index is 13.1. The third-order valence-electron chi connectivity index (χ3n) is 5.04. The highest BCUT2D eigenvalue weighted by Gasteiger charge is 2.34. The van der Waals surface area contributed by atoms with Crippen molar-refractivity contribution in [1.29, 1.82) is 0 Å². The molecule has 0 spiro atoms. The van der Waals surface area contributed by atoms with E-state index in [-0.39, 0.29) is 5.75 Å². The fraction of sp³-hybridized carbons (Fsp3) is 0.227. The number of carbonyl (C=O) groups excluding carboxylic acids is 1. The fourth-order valence-corrected chi connectivity index (χ4v) is 4.21. The molecule has 3 aromatic rings. The van der Waals surface area contributed by atoms with Crippen molar-refractivity contribution in [3.05, 3.63) is 74.6 Å². The van der Waals surface area contributed by atoms with Crippen LogP contribution in [0.3, 0.4) is 0 Å².